The molecule has 7 aromatic rings. The van der Waals surface area contributed by atoms with Crippen molar-refractivity contribution in [2.45, 2.75) is 37.0 Å². The number of hydrogen-bond acceptors (Lipinski definition) is 3. The van der Waals surface area contributed by atoms with E-state index >= 15 is 0 Å². The molecular weight excluding hydrogens is 789 g/mol. The molecule has 227 valence electrons. The van der Waals surface area contributed by atoms with Crippen molar-refractivity contribution < 1.29 is 24.5 Å². The van der Waals surface area contributed by atoms with Crippen molar-refractivity contribution in [1.29, 1.82) is 0 Å². The molecule has 0 aliphatic heterocycles. The Labute approximate surface area is 282 Å². The summed E-state index contributed by atoms with van der Waals surface area (Å²) in [5, 5.41) is 2.19. The SMILES string of the molecule is CC(C)c1ccnc(-c2[c-]c3oc4cc(-c5ccccc5)ccc4c3cc2)c1.[CH3][Ge]([CH3])([CH3])[c]1ccc(-c2[c-]cccc2)nc1.[Ir]. The largest absolute Gasteiger partial charge is 0 e. The van der Waals surface area contributed by atoms with Gasteiger partial charge in [0.15, 0.2) is 0 Å². The number of fused-ring (bicyclic) bond motifs is 3. The third kappa shape index (κ3) is 7.53. The minimum atomic E-state index is -1.72. The number of rotatable bonds is 5. The van der Waals surface area contributed by atoms with Crippen molar-refractivity contribution in [3.63, 3.8) is 0 Å². The van der Waals surface area contributed by atoms with Crippen LogP contribution < -0.4 is 4.40 Å². The van der Waals surface area contributed by atoms with Crippen molar-refractivity contribution in [3.8, 4) is 33.6 Å². The van der Waals surface area contributed by atoms with E-state index in [2.05, 4.69) is 132 Å². The Morgan fingerprint density at radius 2 is 1.47 bits per heavy atom. The zero-order valence-corrected chi connectivity index (χ0v) is 30.8. The number of furan rings is 1. The number of hydrogen-bond donors (Lipinski definition) is 0. The van der Waals surface area contributed by atoms with Gasteiger partial charge in [0.05, 0.1) is 5.58 Å². The van der Waals surface area contributed by atoms with Crippen molar-refractivity contribution >= 4 is 39.6 Å². The van der Waals surface area contributed by atoms with E-state index < -0.39 is 13.3 Å². The molecule has 0 unspecified atom stereocenters. The smallest absolute Gasteiger partial charge is 0 e. The number of pyridine rings is 2. The fourth-order valence-electron chi connectivity index (χ4n) is 5.17. The summed E-state index contributed by atoms with van der Waals surface area (Å²) in [6, 6.07) is 44.1. The first-order valence-electron chi connectivity index (χ1n) is 15.1. The van der Waals surface area contributed by atoms with Gasteiger partial charge < -0.3 is 9.40 Å². The molecule has 1 radical (unpaired) electrons. The maximum atomic E-state index is 6.17. The summed E-state index contributed by atoms with van der Waals surface area (Å²) < 4.78 is 7.62. The van der Waals surface area contributed by atoms with Gasteiger partial charge in [0.25, 0.3) is 0 Å². The van der Waals surface area contributed by atoms with Crippen LogP contribution in [0.15, 0.2) is 126 Å². The number of nitrogens with zero attached hydrogens (tertiary/aromatic N) is 2. The summed E-state index contributed by atoms with van der Waals surface area (Å²) in [6.45, 7) is 4.38. The summed E-state index contributed by atoms with van der Waals surface area (Å²) in [4.78, 5) is 9.06. The maximum Gasteiger partial charge on any atom is 0 e. The first-order chi connectivity index (χ1) is 21.3. The minimum absolute atomic E-state index is 0. The van der Waals surface area contributed by atoms with E-state index in [4.69, 9.17) is 4.42 Å². The molecule has 0 saturated carbocycles. The molecule has 3 heterocycles. The van der Waals surface area contributed by atoms with Crippen LogP contribution in [0.25, 0.3) is 55.6 Å². The third-order valence-corrected chi connectivity index (χ3v) is 12.1. The zero-order chi connectivity index (χ0) is 30.7. The van der Waals surface area contributed by atoms with Crippen LogP contribution in [-0.4, -0.2) is 23.2 Å². The molecule has 0 aliphatic carbocycles. The van der Waals surface area contributed by atoms with Gasteiger partial charge in [0, 0.05) is 26.3 Å². The van der Waals surface area contributed by atoms with Crippen molar-refractivity contribution in [3.05, 3.63) is 139 Å². The molecule has 0 bridgehead atoms. The second kappa shape index (κ2) is 14.1. The molecule has 0 fully saturated rings. The summed E-state index contributed by atoms with van der Waals surface area (Å²) in [5.41, 5.74) is 9.23. The van der Waals surface area contributed by atoms with Gasteiger partial charge in [-0.3, -0.25) is 0 Å². The summed E-state index contributed by atoms with van der Waals surface area (Å²) >= 11 is -1.72. The molecule has 0 N–H and O–H groups in total. The second-order valence-electron chi connectivity index (χ2n) is 12.4. The molecule has 45 heavy (non-hydrogen) atoms. The number of benzene rings is 4. The molecule has 3 aromatic heterocycles. The first-order valence-corrected chi connectivity index (χ1v) is 22.4. The Morgan fingerprint density at radius 3 is 2.16 bits per heavy atom. The molecule has 0 atom stereocenters. The quantitative estimate of drug-likeness (QED) is 0.128. The van der Waals surface area contributed by atoms with Crippen LogP contribution in [0.4, 0.5) is 0 Å². The van der Waals surface area contributed by atoms with Crippen LogP contribution >= 0.6 is 0 Å². The van der Waals surface area contributed by atoms with Crippen LogP contribution in [0.2, 0.25) is 17.3 Å². The van der Waals surface area contributed by atoms with Crippen molar-refractivity contribution in [1.82, 2.24) is 9.97 Å². The van der Waals surface area contributed by atoms with Crippen LogP contribution in [0, 0.1) is 12.1 Å². The fraction of sp³-hybridized carbons (Fsp3) is 0.150. The Hall–Kier alpha value is -3.83. The van der Waals surface area contributed by atoms with Gasteiger partial charge in [-0.25, -0.2) is 0 Å². The molecule has 3 nitrogen and oxygen atoms in total. The van der Waals surface area contributed by atoms with Gasteiger partial charge in [0.2, 0.25) is 0 Å². The van der Waals surface area contributed by atoms with Crippen molar-refractivity contribution in [2.24, 2.45) is 0 Å². The molecule has 0 amide bonds. The topological polar surface area (TPSA) is 38.9 Å². The third-order valence-electron chi connectivity index (χ3n) is 7.84. The maximum absolute atomic E-state index is 6.17. The van der Waals surface area contributed by atoms with Crippen LogP contribution in [0.5, 0.6) is 0 Å². The average Bonchev–Trinajstić information content (AvgIpc) is 3.43. The van der Waals surface area contributed by atoms with Crippen molar-refractivity contribution in [2.75, 3.05) is 0 Å². The minimum Gasteiger partial charge on any atom is 0 e. The molecule has 5 heteroatoms. The molecule has 4 aromatic carbocycles. The van der Waals surface area contributed by atoms with E-state index in [-0.39, 0.29) is 20.1 Å². The van der Waals surface area contributed by atoms with E-state index in [0.717, 1.165) is 50.0 Å². The Bertz CT molecular complexity index is 2010. The van der Waals surface area contributed by atoms with E-state index in [0.29, 0.717) is 5.92 Å². The molecule has 0 spiro atoms. The van der Waals surface area contributed by atoms with Gasteiger partial charge in [-0.2, -0.15) is 0 Å². The van der Waals surface area contributed by atoms with Crippen LogP contribution in [0.1, 0.15) is 25.3 Å². The van der Waals surface area contributed by atoms with Gasteiger partial charge in [-0.1, -0.05) is 79.4 Å². The molecule has 0 saturated heterocycles. The van der Waals surface area contributed by atoms with E-state index in [1.807, 2.05) is 42.7 Å². The monoisotopic (exact) mass is 827 g/mol. The normalized spacial score (nSPS) is 11.2. The molecular formula is C40H36GeIrN2O-2. The standard InChI is InChI=1S/C26H20NO.C14H16GeN.Ir/c1-17(2)19-12-13-27-24(14-19)21-9-11-23-22-10-8-20(18-6-4-3-5-7-18)15-25(22)28-26(23)16-21;1-15(2,3)13-9-10-14(16-11-13)12-7-5-4-6-8-12;/h3-15,17H,1-2H3;4-7,9-11H,1-3H3;/q2*-1;. The second-order valence-corrected chi connectivity index (χ2v) is 23.0. The predicted octanol–water partition coefficient (Wildman–Crippen LogP) is 10.3. The Kier molecular flexibility index (Phi) is 10.2. The van der Waals surface area contributed by atoms with Crippen LogP contribution in [0.3, 0.4) is 0 Å². The Balaban J connectivity index is 0.000000202. The molecule has 0 aliphatic rings. The van der Waals surface area contributed by atoms with E-state index in [1.165, 1.54) is 15.5 Å². The van der Waals surface area contributed by atoms with E-state index in [9.17, 15) is 0 Å². The van der Waals surface area contributed by atoms with Gasteiger partial charge in [0.1, 0.15) is 5.58 Å². The zero-order valence-electron chi connectivity index (χ0n) is 26.3. The fourth-order valence-corrected chi connectivity index (χ4v) is 7.34. The summed E-state index contributed by atoms with van der Waals surface area (Å²) in [5.74, 6) is 7.61. The van der Waals surface area contributed by atoms with Gasteiger partial charge in [-0.05, 0) is 40.3 Å². The van der Waals surface area contributed by atoms with Crippen LogP contribution in [-0.2, 0) is 20.1 Å². The first kappa shape index (κ1) is 32.6. The van der Waals surface area contributed by atoms with E-state index in [1.54, 1.807) is 0 Å². The van der Waals surface area contributed by atoms with Gasteiger partial charge in [-0.15, -0.1) is 17.7 Å². The number of aromatic nitrogens is 2. The molecule has 7 rings (SSSR count). The predicted molar refractivity (Wildman–Crippen MR) is 187 cm³/mol. The average molecular weight is 826 g/mol. The Morgan fingerprint density at radius 1 is 0.689 bits per heavy atom. The van der Waals surface area contributed by atoms with Gasteiger partial charge >= 0.3 is 99.8 Å². The summed E-state index contributed by atoms with van der Waals surface area (Å²) in [6.07, 6.45) is 3.91. The summed E-state index contributed by atoms with van der Waals surface area (Å²) in [7, 11) is 0.